The molecule has 1 fully saturated rings. The van der Waals surface area contributed by atoms with Crippen molar-refractivity contribution < 1.29 is 19.4 Å². The minimum Gasteiger partial charge on any atom is -0.494 e. The Bertz CT molecular complexity index is 523. The largest absolute Gasteiger partial charge is 0.494 e. The first-order valence-corrected chi connectivity index (χ1v) is 8.24. The van der Waals surface area contributed by atoms with Crippen molar-refractivity contribution in [2.24, 2.45) is 5.92 Å². The molecule has 0 bridgehead atoms. The molecule has 1 aromatic carbocycles. The summed E-state index contributed by atoms with van der Waals surface area (Å²) in [5.74, 6) is -0.339. The van der Waals surface area contributed by atoms with E-state index in [1.807, 2.05) is 24.3 Å². The lowest BCUT2D eigenvalue weighted by Crippen LogP contribution is -2.29. The minimum atomic E-state index is -0.807. The van der Waals surface area contributed by atoms with Crippen LogP contribution in [0.2, 0.25) is 0 Å². The highest BCUT2D eigenvalue weighted by Crippen LogP contribution is 2.18. The zero-order chi connectivity index (χ0) is 15.9. The quantitative estimate of drug-likeness (QED) is 0.705. The predicted octanol–water partition coefficient (Wildman–Crippen LogP) is 3.35. The molecule has 0 aliphatic carbocycles. The molecule has 1 aliphatic heterocycles. The second-order valence-electron chi connectivity index (χ2n) is 5.42. The van der Waals surface area contributed by atoms with Gasteiger partial charge in [-0.2, -0.15) is 0 Å². The van der Waals surface area contributed by atoms with Crippen molar-refractivity contribution in [2.75, 3.05) is 19.7 Å². The van der Waals surface area contributed by atoms with E-state index < -0.39 is 11.9 Å². The van der Waals surface area contributed by atoms with Crippen molar-refractivity contribution in [2.45, 2.75) is 25.7 Å². The summed E-state index contributed by atoms with van der Waals surface area (Å²) in [5, 5.41) is 8.93. The fourth-order valence-corrected chi connectivity index (χ4v) is 2.71. The fraction of sp³-hybridized carbons (Fsp3) is 0.500. The van der Waals surface area contributed by atoms with Crippen LogP contribution in [-0.4, -0.2) is 41.6 Å². The second-order valence-corrected chi connectivity index (χ2v) is 6.34. The molecule has 1 heterocycles. The van der Waals surface area contributed by atoms with Crippen LogP contribution in [0.3, 0.4) is 0 Å². The summed E-state index contributed by atoms with van der Waals surface area (Å²) in [5.41, 5.74) is 0. The molecule has 2 rings (SSSR count). The summed E-state index contributed by atoms with van der Waals surface area (Å²) in [6.45, 7) is 1.49. The van der Waals surface area contributed by atoms with Crippen LogP contribution in [0.5, 0.6) is 5.75 Å². The Kier molecular flexibility index (Phi) is 8.41. The average Bonchev–Trinajstić information content (AvgIpc) is 2.99. The Morgan fingerprint density at radius 1 is 1.26 bits per heavy atom. The standard InChI is InChI=1S/C16H20BrNO4.ClH/c17-13-4-6-14(7-5-13)22-10-2-1-3-15(19)18-9-8-12(11-18)16(20)21;/h4-7,12H,1-3,8-11H2,(H,20,21);1H. The number of aliphatic carboxylic acids is 1. The molecule has 23 heavy (non-hydrogen) atoms. The fourth-order valence-electron chi connectivity index (χ4n) is 2.45. The molecule has 1 aliphatic rings. The first-order valence-electron chi connectivity index (χ1n) is 7.45. The van der Waals surface area contributed by atoms with Gasteiger partial charge in [0.1, 0.15) is 5.75 Å². The highest BCUT2D eigenvalue weighted by Gasteiger charge is 2.30. The summed E-state index contributed by atoms with van der Waals surface area (Å²) in [4.78, 5) is 24.5. The Morgan fingerprint density at radius 3 is 2.57 bits per heavy atom. The number of unbranched alkanes of at least 4 members (excludes halogenated alkanes) is 1. The van der Waals surface area contributed by atoms with Gasteiger partial charge in [-0.05, 0) is 43.5 Å². The van der Waals surface area contributed by atoms with Crippen LogP contribution >= 0.6 is 28.3 Å². The summed E-state index contributed by atoms with van der Waals surface area (Å²) in [6, 6.07) is 7.63. The van der Waals surface area contributed by atoms with Crippen molar-refractivity contribution in [1.82, 2.24) is 4.90 Å². The molecule has 0 aromatic heterocycles. The van der Waals surface area contributed by atoms with Gasteiger partial charge in [0, 0.05) is 24.0 Å². The maximum atomic E-state index is 12.0. The summed E-state index contributed by atoms with van der Waals surface area (Å²) in [7, 11) is 0. The van der Waals surface area contributed by atoms with Gasteiger partial charge >= 0.3 is 5.97 Å². The number of carbonyl (C=O) groups excluding carboxylic acids is 1. The van der Waals surface area contributed by atoms with Crippen molar-refractivity contribution in [3.63, 3.8) is 0 Å². The van der Waals surface area contributed by atoms with Crippen LogP contribution < -0.4 is 4.74 Å². The van der Waals surface area contributed by atoms with E-state index in [1.54, 1.807) is 4.90 Å². The van der Waals surface area contributed by atoms with Crippen molar-refractivity contribution in [1.29, 1.82) is 0 Å². The van der Waals surface area contributed by atoms with Crippen LogP contribution in [-0.2, 0) is 9.59 Å². The highest BCUT2D eigenvalue weighted by molar-refractivity contribution is 9.10. The highest BCUT2D eigenvalue weighted by atomic mass is 79.9. The molecule has 128 valence electrons. The van der Waals surface area contributed by atoms with Gasteiger partial charge in [-0.15, -0.1) is 12.4 Å². The molecule has 0 spiro atoms. The van der Waals surface area contributed by atoms with Crippen molar-refractivity contribution >= 4 is 40.2 Å². The van der Waals surface area contributed by atoms with Gasteiger partial charge in [-0.1, -0.05) is 15.9 Å². The number of halogens is 2. The molecular formula is C16H21BrClNO4. The van der Waals surface area contributed by atoms with E-state index in [2.05, 4.69) is 15.9 Å². The molecule has 1 aromatic rings. The maximum absolute atomic E-state index is 12.0. The lowest BCUT2D eigenvalue weighted by atomic mass is 10.1. The number of carboxylic acids is 1. The van der Waals surface area contributed by atoms with Crippen LogP contribution in [0.25, 0.3) is 0 Å². The number of hydrogen-bond donors (Lipinski definition) is 1. The number of amides is 1. The molecule has 1 unspecified atom stereocenters. The first-order chi connectivity index (χ1) is 10.6. The average molecular weight is 407 g/mol. The smallest absolute Gasteiger partial charge is 0.308 e. The van der Waals surface area contributed by atoms with Crippen LogP contribution in [0.1, 0.15) is 25.7 Å². The molecule has 1 saturated heterocycles. The number of carbonyl (C=O) groups is 2. The van der Waals surface area contributed by atoms with E-state index in [-0.39, 0.29) is 18.3 Å². The molecule has 1 N–H and O–H groups in total. The summed E-state index contributed by atoms with van der Waals surface area (Å²) >= 11 is 3.37. The van der Waals surface area contributed by atoms with Gasteiger partial charge in [0.2, 0.25) is 5.91 Å². The predicted molar refractivity (Wildman–Crippen MR) is 93.1 cm³/mol. The molecular weight excluding hydrogens is 386 g/mol. The zero-order valence-corrected chi connectivity index (χ0v) is 15.1. The Labute approximate surface area is 150 Å². The number of carboxylic acid groups (broad SMARTS) is 1. The lowest BCUT2D eigenvalue weighted by Gasteiger charge is -2.15. The number of rotatable bonds is 7. The van der Waals surface area contributed by atoms with E-state index in [0.29, 0.717) is 32.5 Å². The Balaban J connectivity index is 0.00000264. The molecule has 1 amide bonds. The van der Waals surface area contributed by atoms with E-state index >= 15 is 0 Å². The lowest BCUT2D eigenvalue weighted by molar-refractivity contribution is -0.141. The third-order valence-electron chi connectivity index (χ3n) is 3.76. The zero-order valence-electron chi connectivity index (χ0n) is 12.7. The minimum absolute atomic E-state index is 0. The van der Waals surface area contributed by atoms with Crippen LogP contribution in [0.15, 0.2) is 28.7 Å². The number of hydrogen-bond acceptors (Lipinski definition) is 3. The van der Waals surface area contributed by atoms with Gasteiger partial charge < -0.3 is 14.7 Å². The van der Waals surface area contributed by atoms with Gasteiger partial charge in [0.15, 0.2) is 0 Å². The monoisotopic (exact) mass is 405 g/mol. The van der Waals surface area contributed by atoms with E-state index in [0.717, 1.165) is 23.1 Å². The van der Waals surface area contributed by atoms with Crippen molar-refractivity contribution in [3.8, 4) is 5.75 Å². The molecule has 7 heteroatoms. The van der Waals surface area contributed by atoms with E-state index in [4.69, 9.17) is 9.84 Å². The van der Waals surface area contributed by atoms with Crippen LogP contribution in [0.4, 0.5) is 0 Å². The molecule has 1 atom stereocenters. The maximum Gasteiger partial charge on any atom is 0.308 e. The number of nitrogens with zero attached hydrogens (tertiary/aromatic N) is 1. The number of benzene rings is 1. The number of likely N-dealkylation sites (tertiary alicyclic amines) is 1. The molecule has 5 nitrogen and oxygen atoms in total. The second kappa shape index (κ2) is 9.78. The van der Waals surface area contributed by atoms with Crippen molar-refractivity contribution in [3.05, 3.63) is 28.7 Å². The first kappa shape index (κ1) is 19.8. The topological polar surface area (TPSA) is 66.8 Å². The summed E-state index contributed by atoms with van der Waals surface area (Å²) in [6.07, 6.45) is 2.57. The Hall–Kier alpha value is -1.27. The third-order valence-corrected chi connectivity index (χ3v) is 4.29. The van der Waals surface area contributed by atoms with E-state index in [9.17, 15) is 9.59 Å². The molecule has 0 saturated carbocycles. The molecule has 0 radical (unpaired) electrons. The SMILES string of the molecule is Cl.O=C(O)C1CCN(C(=O)CCCCOc2ccc(Br)cc2)C1. The Morgan fingerprint density at radius 2 is 1.96 bits per heavy atom. The van der Waals surface area contributed by atoms with Gasteiger partial charge in [-0.25, -0.2) is 0 Å². The third kappa shape index (κ3) is 6.39. The normalized spacial score (nSPS) is 16.7. The van der Waals surface area contributed by atoms with E-state index in [1.165, 1.54) is 0 Å². The van der Waals surface area contributed by atoms with Gasteiger partial charge in [-0.3, -0.25) is 9.59 Å². The summed E-state index contributed by atoms with van der Waals surface area (Å²) < 4.78 is 6.60. The van der Waals surface area contributed by atoms with Gasteiger partial charge in [0.25, 0.3) is 0 Å². The van der Waals surface area contributed by atoms with Crippen LogP contribution in [0, 0.1) is 5.92 Å². The van der Waals surface area contributed by atoms with Gasteiger partial charge in [0.05, 0.1) is 12.5 Å². The number of ether oxygens (including phenoxy) is 1.